The molecule has 0 radical (unpaired) electrons. The van der Waals surface area contributed by atoms with E-state index in [0.717, 1.165) is 58.8 Å². The lowest BCUT2D eigenvalue weighted by Crippen LogP contribution is -2.56. The first-order valence-corrected chi connectivity index (χ1v) is 7.42. The van der Waals surface area contributed by atoms with Crippen molar-refractivity contribution in [3.05, 3.63) is 0 Å². The number of hydrogen-bond donors (Lipinski definition) is 0. The van der Waals surface area contributed by atoms with Gasteiger partial charge in [0.05, 0.1) is 24.7 Å². The summed E-state index contributed by atoms with van der Waals surface area (Å²) in [6, 6.07) is 2.47. The fourth-order valence-electron chi connectivity index (χ4n) is 3.13. The van der Waals surface area contributed by atoms with Crippen molar-refractivity contribution in [1.29, 1.82) is 5.26 Å². The van der Waals surface area contributed by atoms with Crippen LogP contribution in [0.5, 0.6) is 0 Å². The van der Waals surface area contributed by atoms with Crippen molar-refractivity contribution in [2.45, 2.75) is 39.2 Å². The zero-order valence-electron chi connectivity index (χ0n) is 12.6. The quantitative estimate of drug-likeness (QED) is 0.779. The van der Waals surface area contributed by atoms with Crippen LogP contribution in [0.4, 0.5) is 0 Å². The number of ether oxygens (including phenoxy) is 1. The van der Waals surface area contributed by atoms with Crippen molar-refractivity contribution in [1.82, 2.24) is 9.80 Å². The number of piperidine rings is 1. The standard InChI is InChI=1S/C15H27N3O/c1-14(2,18-8-10-19-11-9-18)13-17-6-4-15(3,12-16)5-7-17/h4-11,13H2,1-3H3. The maximum absolute atomic E-state index is 9.18. The minimum atomic E-state index is -0.0976. The first kappa shape index (κ1) is 14.8. The topological polar surface area (TPSA) is 39.5 Å². The molecule has 0 amide bonds. The third-order valence-electron chi connectivity index (χ3n) is 4.71. The van der Waals surface area contributed by atoms with Crippen LogP contribution in [0.3, 0.4) is 0 Å². The smallest absolute Gasteiger partial charge is 0.0687 e. The van der Waals surface area contributed by atoms with Gasteiger partial charge >= 0.3 is 0 Å². The lowest BCUT2D eigenvalue weighted by molar-refractivity contribution is -0.0259. The largest absolute Gasteiger partial charge is 0.379 e. The van der Waals surface area contributed by atoms with Gasteiger partial charge in [-0.15, -0.1) is 0 Å². The predicted molar refractivity (Wildman–Crippen MR) is 75.9 cm³/mol. The third kappa shape index (κ3) is 3.68. The molecule has 2 rings (SSSR count). The number of nitrogens with zero attached hydrogens (tertiary/aromatic N) is 3. The zero-order valence-corrected chi connectivity index (χ0v) is 12.6. The molecule has 0 spiro atoms. The molecule has 0 N–H and O–H groups in total. The molecule has 0 unspecified atom stereocenters. The van der Waals surface area contributed by atoms with Crippen LogP contribution in [0, 0.1) is 16.7 Å². The Labute approximate surface area is 117 Å². The van der Waals surface area contributed by atoms with Crippen LogP contribution in [0.15, 0.2) is 0 Å². The van der Waals surface area contributed by atoms with E-state index in [1.807, 2.05) is 0 Å². The first-order chi connectivity index (χ1) is 8.95. The van der Waals surface area contributed by atoms with E-state index in [-0.39, 0.29) is 11.0 Å². The van der Waals surface area contributed by atoms with Gasteiger partial charge in [-0.05, 0) is 46.7 Å². The van der Waals surface area contributed by atoms with Gasteiger partial charge in [-0.1, -0.05) is 0 Å². The summed E-state index contributed by atoms with van der Waals surface area (Å²) in [6.45, 7) is 13.7. The van der Waals surface area contributed by atoms with Crippen molar-refractivity contribution in [2.24, 2.45) is 5.41 Å². The summed E-state index contributed by atoms with van der Waals surface area (Å²) in [6.07, 6.45) is 2.01. The van der Waals surface area contributed by atoms with Crippen LogP contribution in [0.2, 0.25) is 0 Å². The van der Waals surface area contributed by atoms with E-state index in [2.05, 4.69) is 36.6 Å². The summed E-state index contributed by atoms with van der Waals surface area (Å²) in [4.78, 5) is 5.06. The molecule has 2 heterocycles. The Kier molecular flexibility index (Phi) is 4.50. The second kappa shape index (κ2) is 5.78. The third-order valence-corrected chi connectivity index (χ3v) is 4.71. The number of morpholine rings is 1. The van der Waals surface area contributed by atoms with Crippen molar-refractivity contribution >= 4 is 0 Å². The van der Waals surface area contributed by atoms with E-state index in [1.165, 1.54) is 0 Å². The highest BCUT2D eigenvalue weighted by Crippen LogP contribution is 2.31. The summed E-state index contributed by atoms with van der Waals surface area (Å²) >= 11 is 0. The average Bonchev–Trinajstić information content (AvgIpc) is 2.42. The maximum atomic E-state index is 9.18. The summed E-state index contributed by atoms with van der Waals surface area (Å²) in [5.41, 5.74) is 0.101. The van der Waals surface area contributed by atoms with Gasteiger partial charge in [-0.25, -0.2) is 0 Å². The molecule has 4 heteroatoms. The molecule has 0 aromatic carbocycles. The Morgan fingerprint density at radius 2 is 1.74 bits per heavy atom. The Balaban J connectivity index is 1.85. The van der Waals surface area contributed by atoms with Gasteiger partial charge in [0.15, 0.2) is 0 Å². The molecule has 0 aliphatic carbocycles. The van der Waals surface area contributed by atoms with E-state index >= 15 is 0 Å². The molecule has 0 bridgehead atoms. The minimum absolute atomic E-state index is 0.0976. The van der Waals surface area contributed by atoms with Crippen molar-refractivity contribution in [2.75, 3.05) is 45.9 Å². The number of likely N-dealkylation sites (tertiary alicyclic amines) is 1. The molecule has 19 heavy (non-hydrogen) atoms. The second-order valence-corrected chi connectivity index (χ2v) is 6.86. The Bertz CT molecular complexity index is 334. The lowest BCUT2D eigenvalue weighted by atomic mass is 9.81. The van der Waals surface area contributed by atoms with Crippen LogP contribution >= 0.6 is 0 Å². The number of nitriles is 1. The molecular formula is C15H27N3O. The van der Waals surface area contributed by atoms with Crippen LogP contribution in [-0.4, -0.2) is 61.3 Å². The van der Waals surface area contributed by atoms with Gasteiger partial charge < -0.3 is 9.64 Å². The van der Waals surface area contributed by atoms with Crippen molar-refractivity contribution in [3.63, 3.8) is 0 Å². The SMILES string of the molecule is CC1(C#N)CCN(CC(C)(C)N2CCOCC2)CC1. The van der Waals surface area contributed by atoms with Gasteiger partial charge in [-0.2, -0.15) is 5.26 Å². The monoisotopic (exact) mass is 265 g/mol. The van der Waals surface area contributed by atoms with E-state index in [4.69, 9.17) is 4.74 Å². The summed E-state index contributed by atoms with van der Waals surface area (Å²) in [5, 5.41) is 9.18. The van der Waals surface area contributed by atoms with Crippen LogP contribution in [-0.2, 0) is 4.74 Å². The molecule has 2 saturated heterocycles. The highest BCUT2D eigenvalue weighted by Gasteiger charge is 2.34. The van der Waals surface area contributed by atoms with Gasteiger partial charge in [0.25, 0.3) is 0 Å². The summed E-state index contributed by atoms with van der Waals surface area (Å²) < 4.78 is 5.44. The average molecular weight is 265 g/mol. The fraction of sp³-hybridized carbons (Fsp3) is 0.933. The van der Waals surface area contributed by atoms with Crippen LogP contribution < -0.4 is 0 Å². The van der Waals surface area contributed by atoms with Crippen LogP contribution in [0.1, 0.15) is 33.6 Å². The fourth-order valence-corrected chi connectivity index (χ4v) is 3.13. The Morgan fingerprint density at radius 3 is 2.26 bits per heavy atom. The van der Waals surface area contributed by atoms with Gasteiger partial charge in [0, 0.05) is 25.2 Å². The molecule has 4 nitrogen and oxygen atoms in total. The molecule has 2 fully saturated rings. The predicted octanol–water partition coefficient (Wildman–Crippen LogP) is 1.72. The molecule has 2 aliphatic heterocycles. The maximum Gasteiger partial charge on any atom is 0.0687 e. The zero-order chi connectivity index (χ0) is 13.9. The van der Waals surface area contributed by atoms with E-state index in [0.29, 0.717) is 0 Å². The van der Waals surface area contributed by atoms with Gasteiger partial charge in [0.2, 0.25) is 0 Å². The molecule has 2 aliphatic rings. The number of hydrogen-bond acceptors (Lipinski definition) is 4. The molecule has 0 atom stereocenters. The van der Waals surface area contributed by atoms with E-state index in [9.17, 15) is 5.26 Å². The van der Waals surface area contributed by atoms with Crippen LogP contribution in [0.25, 0.3) is 0 Å². The van der Waals surface area contributed by atoms with Crippen molar-refractivity contribution < 1.29 is 4.74 Å². The molecule has 0 saturated carbocycles. The molecule has 0 aromatic rings. The summed E-state index contributed by atoms with van der Waals surface area (Å²) in [7, 11) is 0. The van der Waals surface area contributed by atoms with Crippen molar-refractivity contribution in [3.8, 4) is 6.07 Å². The Morgan fingerprint density at radius 1 is 1.16 bits per heavy atom. The molecular weight excluding hydrogens is 238 g/mol. The minimum Gasteiger partial charge on any atom is -0.379 e. The van der Waals surface area contributed by atoms with E-state index in [1.54, 1.807) is 0 Å². The second-order valence-electron chi connectivity index (χ2n) is 6.86. The van der Waals surface area contributed by atoms with E-state index < -0.39 is 0 Å². The molecule has 0 aromatic heterocycles. The van der Waals surface area contributed by atoms with Gasteiger partial charge in [-0.3, -0.25) is 4.90 Å². The Hall–Kier alpha value is -0.630. The lowest BCUT2D eigenvalue weighted by Gasteiger charge is -2.45. The molecule has 108 valence electrons. The summed E-state index contributed by atoms with van der Waals surface area (Å²) in [5.74, 6) is 0. The normalized spacial score (nSPS) is 26.0. The first-order valence-electron chi connectivity index (χ1n) is 7.42. The highest BCUT2D eigenvalue weighted by atomic mass is 16.5. The highest BCUT2D eigenvalue weighted by molar-refractivity contribution is 4.99. The van der Waals surface area contributed by atoms with Gasteiger partial charge in [0.1, 0.15) is 0 Å². The number of rotatable bonds is 3.